The number of hydrogen-bond donors (Lipinski definition) is 0. The van der Waals surface area contributed by atoms with Crippen LogP contribution in [0.2, 0.25) is 0 Å². The summed E-state index contributed by atoms with van der Waals surface area (Å²) in [5, 5.41) is 0. The van der Waals surface area contributed by atoms with Gasteiger partial charge in [-0.25, -0.2) is 0 Å². The van der Waals surface area contributed by atoms with Crippen LogP contribution in [-0.4, -0.2) is 37.2 Å². The van der Waals surface area contributed by atoms with Gasteiger partial charge in [-0.3, -0.25) is 14.4 Å². The molecule has 0 fully saturated rings. The van der Waals surface area contributed by atoms with Gasteiger partial charge in [-0.15, -0.1) is 0 Å². The third-order valence-corrected chi connectivity index (χ3v) is 13.0. The average Bonchev–Trinajstić information content (AvgIpc) is 3.41. The van der Waals surface area contributed by atoms with E-state index in [0.29, 0.717) is 19.3 Å². The van der Waals surface area contributed by atoms with Crippen LogP contribution >= 0.6 is 0 Å². The molecule has 0 N–H and O–H groups in total. The van der Waals surface area contributed by atoms with Crippen LogP contribution in [0.4, 0.5) is 0 Å². The highest BCUT2D eigenvalue weighted by Gasteiger charge is 2.19. The highest BCUT2D eigenvalue weighted by Crippen LogP contribution is 2.16. The molecule has 0 spiro atoms. The van der Waals surface area contributed by atoms with E-state index in [1.165, 1.54) is 103 Å². The third kappa shape index (κ3) is 60.6. The molecule has 0 aromatic heterocycles. The van der Waals surface area contributed by atoms with Gasteiger partial charge in [-0.1, -0.05) is 271 Å². The molecule has 0 amide bonds. The molecule has 0 rings (SSSR count). The van der Waals surface area contributed by atoms with Crippen molar-refractivity contribution in [2.45, 2.75) is 284 Å². The van der Waals surface area contributed by atoms with Crippen molar-refractivity contribution in [3.05, 3.63) is 122 Å². The van der Waals surface area contributed by atoms with Crippen molar-refractivity contribution in [3.8, 4) is 0 Å². The molecular formula is C69H114O6. The van der Waals surface area contributed by atoms with Gasteiger partial charge in [0.05, 0.1) is 0 Å². The minimum Gasteiger partial charge on any atom is -0.462 e. The lowest BCUT2D eigenvalue weighted by atomic mass is 10.0. The van der Waals surface area contributed by atoms with Gasteiger partial charge in [-0.2, -0.15) is 0 Å². The van der Waals surface area contributed by atoms with Crippen molar-refractivity contribution in [2.24, 2.45) is 0 Å². The maximum Gasteiger partial charge on any atom is 0.306 e. The van der Waals surface area contributed by atoms with Crippen LogP contribution in [0, 0.1) is 0 Å². The Balaban J connectivity index is 4.08. The van der Waals surface area contributed by atoms with Gasteiger partial charge < -0.3 is 14.2 Å². The lowest BCUT2D eigenvalue weighted by Gasteiger charge is -2.18. The standard InChI is InChI=1S/C69H114O6/c1-4-7-10-13-15-17-19-21-23-25-27-29-31-32-33-34-35-36-38-39-41-43-45-47-49-51-53-56-59-62-68(71)74-65-66(64-73-67(70)61-58-55-12-9-6-3)75-69(72)63-60-57-54-52-50-48-46-44-42-40-37-30-28-26-24-22-20-18-16-14-11-8-5-2/h7-8,10-11,15-18,21-24,27-30,32-33,40,42,66H,4-6,9,12-14,19-20,25-26,31,34-39,41,43-65H2,1-3H3/b10-7-,11-8-,17-15-,18-16-,23-21-,24-22-,29-27-,30-28-,33-32-,42-40-. The predicted octanol–water partition coefficient (Wildman–Crippen LogP) is 21.2. The van der Waals surface area contributed by atoms with E-state index < -0.39 is 6.10 Å². The molecule has 0 saturated carbocycles. The fourth-order valence-electron chi connectivity index (χ4n) is 8.38. The number of rotatable bonds is 55. The van der Waals surface area contributed by atoms with Crippen LogP contribution in [0.1, 0.15) is 278 Å². The highest BCUT2D eigenvalue weighted by molar-refractivity contribution is 5.71. The summed E-state index contributed by atoms with van der Waals surface area (Å²) in [7, 11) is 0. The zero-order valence-corrected chi connectivity index (χ0v) is 48.8. The monoisotopic (exact) mass is 1040 g/mol. The third-order valence-electron chi connectivity index (χ3n) is 13.0. The zero-order valence-electron chi connectivity index (χ0n) is 48.8. The molecule has 6 nitrogen and oxygen atoms in total. The number of hydrogen-bond acceptors (Lipinski definition) is 6. The topological polar surface area (TPSA) is 78.9 Å². The van der Waals surface area contributed by atoms with Crippen LogP contribution < -0.4 is 0 Å². The van der Waals surface area contributed by atoms with Crippen molar-refractivity contribution in [1.82, 2.24) is 0 Å². The number of carbonyl (C=O) groups is 3. The fourth-order valence-corrected chi connectivity index (χ4v) is 8.38. The van der Waals surface area contributed by atoms with Gasteiger partial charge in [-0.05, 0) is 109 Å². The Bertz CT molecular complexity index is 1570. The molecule has 0 aromatic rings. The first-order valence-electron chi connectivity index (χ1n) is 31.0. The van der Waals surface area contributed by atoms with Crippen LogP contribution in [-0.2, 0) is 28.6 Å². The lowest BCUT2D eigenvalue weighted by Crippen LogP contribution is -2.30. The summed E-state index contributed by atoms with van der Waals surface area (Å²) in [4.78, 5) is 37.9. The molecule has 0 aliphatic rings. The normalized spacial score (nSPS) is 12.9. The SMILES string of the molecule is CC/C=C\C/C=C\C/C=C\C/C=C\C/C=C\CCCCCCCCCCCCCCCC(=O)OCC(COC(=O)CCCCCCC)OC(=O)CCCCCCCCC/C=C\C/C=C\C/C=C\C/C=C\C/C=C\CC. The van der Waals surface area contributed by atoms with Gasteiger partial charge in [0.2, 0.25) is 0 Å². The second-order valence-corrected chi connectivity index (χ2v) is 20.2. The van der Waals surface area contributed by atoms with E-state index in [9.17, 15) is 14.4 Å². The maximum atomic E-state index is 12.8. The number of ether oxygens (including phenoxy) is 3. The minimum atomic E-state index is -0.784. The van der Waals surface area contributed by atoms with Gasteiger partial charge in [0.15, 0.2) is 6.10 Å². The van der Waals surface area contributed by atoms with E-state index in [4.69, 9.17) is 14.2 Å². The quantitative estimate of drug-likeness (QED) is 0.0261. The number of esters is 3. The summed E-state index contributed by atoms with van der Waals surface area (Å²) in [6.07, 6.45) is 86.8. The van der Waals surface area contributed by atoms with E-state index >= 15 is 0 Å². The first-order chi connectivity index (χ1) is 37.0. The smallest absolute Gasteiger partial charge is 0.306 e. The summed E-state index contributed by atoms with van der Waals surface area (Å²) < 4.78 is 16.8. The van der Waals surface area contributed by atoms with Crippen LogP contribution in [0.3, 0.4) is 0 Å². The molecule has 0 aliphatic carbocycles. The Hall–Kier alpha value is -4.19. The molecule has 75 heavy (non-hydrogen) atoms. The van der Waals surface area contributed by atoms with E-state index in [-0.39, 0.29) is 31.1 Å². The molecule has 1 unspecified atom stereocenters. The Morgan fingerprint density at radius 1 is 0.280 bits per heavy atom. The number of carbonyl (C=O) groups excluding carboxylic acids is 3. The van der Waals surface area contributed by atoms with Gasteiger partial charge in [0.1, 0.15) is 13.2 Å². The average molecular weight is 1040 g/mol. The van der Waals surface area contributed by atoms with Crippen LogP contribution in [0.15, 0.2) is 122 Å². The fraction of sp³-hybridized carbons (Fsp3) is 0.667. The lowest BCUT2D eigenvalue weighted by molar-refractivity contribution is -0.167. The molecule has 0 aromatic carbocycles. The number of allylic oxidation sites excluding steroid dienone is 20. The maximum absolute atomic E-state index is 12.8. The Kier molecular flexibility index (Phi) is 58.9. The Morgan fingerprint density at radius 3 is 0.813 bits per heavy atom. The highest BCUT2D eigenvalue weighted by atomic mass is 16.6. The summed E-state index contributed by atoms with van der Waals surface area (Å²) >= 11 is 0. The van der Waals surface area contributed by atoms with Crippen LogP contribution in [0.25, 0.3) is 0 Å². The first kappa shape index (κ1) is 70.8. The van der Waals surface area contributed by atoms with E-state index in [1.54, 1.807) is 0 Å². The first-order valence-corrected chi connectivity index (χ1v) is 31.0. The zero-order chi connectivity index (χ0) is 54.3. The summed E-state index contributed by atoms with van der Waals surface area (Å²) in [6, 6.07) is 0. The molecule has 0 bridgehead atoms. The second kappa shape index (κ2) is 62.4. The molecule has 0 heterocycles. The molecule has 0 saturated heterocycles. The van der Waals surface area contributed by atoms with E-state index in [0.717, 1.165) is 135 Å². The predicted molar refractivity (Wildman–Crippen MR) is 325 cm³/mol. The minimum absolute atomic E-state index is 0.0842. The molecule has 0 radical (unpaired) electrons. The second-order valence-electron chi connectivity index (χ2n) is 20.2. The largest absolute Gasteiger partial charge is 0.462 e. The van der Waals surface area contributed by atoms with E-state index in [2.05, 4.69) is 142 Å². The summed E-state index contributed by atoms with van der Waals surface area (Å²) in [6.45, 7) is 6.33. The molecule has 6 heteroatoms. The van der Waals surface area contributed by atoms with Crippen molar-refractivity contribution >= 4 is 17.9 Å². The Labute approximate surface area is 462 Å². The molecule has 426 valence electrons. The van der Waals surface area contributed by atoms with Crippen LogP contribution in [0.5, 0.6) is 0 Å². The summed E-state index contributed by atoms with van der Waals surface area (Å²) in [5.74, 6) is -0.908. The van der Waals surface area contributed by atoms with Gasteiger partial charge in [0, 0.05) is 19.3 Å². The van der Waals surface area contributed by atoms with Crippen molar-refractivity contribution in [2.75, 3.05) is 13.2 Å². The molecular weight excluding hydrogens is 925 g/mol. The number of unbranched alkanes of at least 4 members (excludes halogenated alkanes) is 24. The Morgan fingerprint density at radius 2 is 0.520 bits per heavy atom. The van der Waals surface area contributed by atoms with Gasteiger partial charge in [0.25, 0.3) is 0 Å². The summed E-state index contributed by atoms with van der Waals surface area (Å²) in [5.41, 5.74) is 0. The van der Waals surface area contributed by atoms with Crippen molar-refractivity contribution in [3.63, 3.8) is 0 Å². The van der Waals surface area contributed by atoms with Crippen molar-refractivity contribution < 1.29 is 28.6 Å². The molecule has 1 atom stereocenters. The van der Waals surface area contributed by atoms with Crippen molar-refractivity contribution in [1.29, 1.82) is 0 Å². The van der Waals surface area contributed by atoms with E-state index in [1.807, 2.05) is 0 Å². The molecule has 0 aliphatic heterocycles. The van der Waals surface area contributed by atoms with Gasteiger partial charge >= 0.3 is 17.9 Å².